The quantitative estimate of drug-likeness (QED) is 0.0992. The number of aromatic hydroxyl groups is 3. The van der Waals surface area contributed by atoms with Crippen LogP contribution in [-0.2, 0) is 9.53 Å². The molecule has 5 heterocycles. The van der Waals surface area contributed by atoms with Crippen molar-refractivity contribution in [2.45, 2.75) is 6.92 Å². The third-order valence-electron chi connectivity index (χ3n) is 9.97. The van der Waals surface area contributed by atoms with E-state index in [1.807, 2.05) is 91.0 Å². The number of hydrogen-bond acceptors (Lipinski definition) is 9. The van der Waals surface area contributed by atoms with Crippen molar-refractivity contribution in [3.8, 4) is 69.6 Å². The average molecular weight is 854 g/mol. The predicted molar refractivity (Wildman–Crippen MR) is 252 cm³/mol. The van der Waals surface area contributed by atoms with Gasteiger partial charge >= 0.3 is 5.97 Å². The molecule has 0 fully saturated rings. The van der Waals surface area contributed by atoms with E-state index in [4.69, 9.17) is 19.4 Å². The van der Waals surface area contributed by atoms with Crippen LogP contribution in [0.5, 0.6) is 23.0 Å². The Morgan fingerprint density at radius 2 is 1.06 bits per heavy atom. The third-order valence-corrected chi connectivity index (χ3v) is 11.1. The van der Waals surface area contributed by atoms with Gasteiger partial charge in [-0.25, -0.2) is 14.8 Å². The number of H-pyrrole nitrogens is 1. The van der Waals surface area contributed by atoms with Crippen molar-refractivity contribution in [1.82, 2.24) is 15.0 Å². The maximum Gasteiger partial charge on any atom is 0.344 e. The summed E-state index contributed by atoms with van der Waals surface area (Å²) in [7, 11) is 0. The Bertz CT molecular complexity index is 3370. The smallest absolute Gasteiger partial charge is 0.344 e. The maximum atomic E-state index is 12.0. The fourth-order valence-electron chi connectivity index (χ4n) is 7.00. The molecule has 9 nitrogen and oxygen atoms in total. The molecule has 3 aromatic heterocycles. The van der Waals surface area contributed by atoms with Crippen molar-refractivity contribution < 1.29 is 29.6 Å². The highest BCUT2D eigenvalue weighted by molar-refractivity contribution is 7.24. The zero-order chi connectivity index (χ0) is 44.0. The molecular weight excluding hydrogens is 819 g/mol. The zero-order valence-electron chi connectivity index (χ0n) is 34.1. The molecule has 0 unspecified atom stereocenters. The van der Waals surface area contributed by atoms with Crippen molar-refractivity contribution in [2.24, 2.45) is 0 Å². The minimum atomic E-state index is -0.451. The number of rotatable bonds is 5. The van der Waals surface area contributed by atoms with Gasteiger partial charge in [0.05, 0.1) is 57.1 Å². The summed E-state index contributed by atoms with van der Waals surface area (Å²) in [5, 5.41) is 30.7. The number of esters is 1. The number of phenolic OH excluding ortho intramolecular Hbond substituents is 3. The van der Waals surface area contributed by atoms with Crippen molar-refractivity contribution in [3.05, 3.63) is 177 Å². The molecule has 0 saturated carbocycles. The highest BCUT2D eigenvalue weighted by atomic mass is 32.1. The molecule has 7 aromatic rings. The van der Waals surface area contributed by atoms with Crippen LogP contribution in [0.1, 0.15) is 63.1 Å². The van der Waals surface area contributed by atoms with Crippen LogP contribution in [0.2, 0.25) is 0 Å². The molecule has 0 spiro atoms. The van der Waals surface area contributed by atoms with Gasteiger partial charge in [0.15, 0.2) is 6.61 Å². The number of benzene rings is 4. The number of carbonyl (C=O) groups excluding carboxylic acids is 1. The number of phenols is 3. The van der Waals surface area contributed by atoms with Crippen LogP contribution in [0.25, 0.3) is 55.9 Å². The third kappa shape index (κ3) is 9.12. The number of fused-ring (bicyclic) bond motifs is 8. The van der Waals surface area contributed by atoms with Gasteiger partial charge in [-0.05, 0) is 128 Å². The molecule has 2 aliphatic heterocycles. The number of aromatic nitrogens is 3. The van der Waals surface area contributed by atoms with Crippen LogP contribution in [0.4, 0.5) is 0 Å². The van der Waals surface area contributed by atoms with E-state index in [2.05, 4.69) is 40.5 Å². The van der Waals surface area contributed by atoms with Crippen LogP contribution >= 0.6 is 11.3 Å². The molecule has 0 radical (unpaired) electrons. The standard InChI is InChI=1S/C54H35N3O6S/c1-2-62-53(61)33-63-41-17-15-37(16-18-41)54-50-27-26-48(57-50)43(20-13-35-7-4-10-39(59)31-35)46-23-22-45(55-46)42(19-12-34-6-3-9-38(58)30-34)47-24-25-49(56-47)44(51-28-29-52(54)64-51)21-14-36-8-5-11-40(60)32-36/h3-11,15-18,22-32,55,58-60H,2,33H2,1H3. The lowest BCUT2D eigenvalue weighted by atomic mass is 10.0. The molecule has 2 aliphatic rings. The van der Waals surface area contributed by atoms with Gasteiger partial charge in [0.2, 0.25) is 0 Å². The second-order valence-corrected chi connectivity index (χ2v) is 15.5. The first-order valence-electron chi connectivity index (χ1n) is 20.2. The number of ether oxygens (including phenoxy) is 2. The van der Waals surface area contributed by atoms with Gasteiger partial charge in [0.1, 0.15) is 23.0 Å². The first-order chi connectivity index (χ1) is 31.3. The van der Waals surface area contributed by atoms with E-state index in [0.717, 1.165) is 20.5 Å². The number of nitrogens with zero attached hydrogens (tertiary/aromatic N) is 2. The van der Waals surface area contributed by atoms with E-state index in [1.54, 1.807) is 61.5 Å². The summed E-state index contributed by atoms with van der Waals surface area (Å²) in [6, 6.07) is 35.7. The van der Waals surface area contributed by atoms with Crippen LogP contribution in [0.15, 0.2) is 121 Å². The van der Waals surface area contributed by atoms with Crippen molar-refractivity contribution in [1.29, 1.82) is 0 Å². The van der Waals surface area contributed by atoms with Crippen molar-refractivity contribution in [3.63, 3.8) is 0 Å². The molecule has 8 bridgehead atoms. The normalized spacial score (nSPS) is 11.1. The summed E-state index contributed by atoms with van der Waals surface area (Å²) >= 11 is 1.53. The Morgan fingerprint density at radius 1 is 0.578 bits per heavy atom. The summed E-state index contributed by atoms with van der Waals surface area (Å²) in [6.07, 6.45) is 7.72. The number of hydrogen-bond donors (Lipinski definition) is 4. The fourth-order valence-corrected chi connectivity index (χ4v) is 8.09. The first kappa shape index (κ1) is 40.6. The second-order valence-electron chi connectivity index (χ2n) is 14.4. The zero-order valence-corrected chi connectivity index (χ0v) is 35.0. The predicted octanol–water partition coefficient (Wildman–Crippen LogP) is 10.3. The minimum Gasteiger partial charge on any atom is -0.508 e. The average Bonchev–Trinajstić information content (AvgIpc) is 4.14. The molecule has 0 aliphatic carbocycles. The summed E-state index contributed by atoms with van der Waals surface area (Å²) in [5.41, 5.74) is 9.30. The fraction of sp³-hybridized carbons (Fsp3) is 0.0556. The lowest BCUT2D eigenvalue weighted by molar-refractivity contribution is -0.145. The van der Waals surface area contributed by atoms with Crippen LogP contribution in [0.3, 0.4) is 0 Å². The maximum absolute atomic E-state index is 12.0. The Hall–Kier alpha value is -8.75. The van der Waals surface area contributed by atoms with Crippen molar-refractivity contribution in [2.75, 3.05) is 13.2 Å². The van der Waals surface area contributed by atoms with E-state index in [1.165, 1.54) is 11.3 Å². The van der Waals surface area contributed by atoms with E-state index < -0.39 is 5.97 Å². The van der Waals surface area contributed by atoms with Crippen LogP contribution in [-0.4, -0.2) is 49.5 Å². The number of aromatic amines is 1. The molecule has 0 atom stereocenters. The Morgan fingerprint density at radius 3 is 1.59 bits per heavy atom. The van der Waals surface area contributed by atoms with Crippen LogP contribution in [0, 0.1) is 35.5 Å². The van der Waals surface area contributed by atoms with Gasteiger partial charge in [-0.1, -0.05) is 65.9 Å². The molecule has 9 rings (SSSR count). The van der Waals surface area contributed by atoms with E-state index in [-0.39, 0.29) is 30.5 Å². The molecular formula is C54H35N3O6S. The molecule has 4 aromatic carbocycles. The minimum absolute atomic E-state index is 0.106. The Kier molecular flexibility index (Phi) is 11.5. The lowest BCUT2D eigenvalue weighted by Gasteiger charge is -2.08. The number of carbonyl (C=O) groups is 1. The van der Waals surface area contributed by atoms with Gasteiger partial charge in [-0.3, -0.25) is 0 Å². The first-order valence-corrected chi connectivity index (χ1v) is 21.0. The summed E-state index contributed by atoms with van der Waals surface area (Å²) in [4.78, 5) is 26.0. The van der Waals surface area contributed by atoms with E-state index >= 15 is 0 Å². The van der Waals surface area contributed by atoms with Gasteiger partial charge in [0, 0.05) is 31.7 Å². The summed E-state index contributed by atoms with van der Waals surface area (Å²) in [5.74, 6) is 20.1. The van der Waals surface area contributed by atoms with E-state index in [9.17, 15) is 20.1 Å². The topological polar surface area (TPSA) is 138 Å². The summed E-state index contributed by atoms with van der Waals surface area (Å²) in [6.45, 7) is 1.80. The second kappa shape index (κ2) is 18.1. The molecule has 0 amide bonds. The number of thiophene rings is 1. The Balaban J connectivity index is 1.34. The van der Waals surface area contributed by atoms with Gasteiger partial charge in [-0.15, -0.1) is 11.3 Å². The van der Waals surface area contributed by atoms with E-state index in [0.29, 0.717) is 72.9 Å². The Labute approximate surface area is 372 Å². The van der Waals surface area contributed by atoms with Gasteiger partial charge < -0.3 is 29.8 Å². The van der Waals surface area contributed by atoms with Gasteiger partial charge in [-0.2, -0.15) is 0 Å². The van der Waals surface area contributed by atoms with Crippen LogP contribution < -0.4 is 4.74 Å². The monoisotopic (exact) mass is 853 g/mol. The number of nitrogens with one attached hydrogen (secondary N) is 1. The highest BCUT2D eigenvalue weighted by Crippen LogP contribution is 2.37. The summed E-state index contributed by atoms with van der Waals surface area (Å²) < 4.78 is 12.5. The molecule has 4 N–H and O–H groups in total. The van der Waals surface area contributed by atoms with Crippen molar-refractivity contribution >= 4 is 62.0 Å². The molecule has 0 saturated heterocycles. The van der Waals surface area contributed by atoms with Gasteiger partial charge in [0.25, 0.3) is 0 Å². The molecule has 64 heavy (non-hydrogen) atoms. The molecule has 308 valence electrons. The lowest BCUT2D eigenvalue weighted by Crippen LogP contribution is -2.14. The SMILES string of the molecule is CCOC(=O)COc1ccc(-c2c3nc(c(C#Cc4cccc(O)c4)c4ccc([nH]4)c(C#Cc4cccc(O)c4)c4nc(c(C#Cc5cccc(O)c5)c5ccc2s5)C=C4)C=C3)cc1. The highest BCUT2D eigenvalue weighted by Gasteiger charge is 2.17. The molecule has 10 heteroatoms. The largest absolute Gasteiger partial charge is 0.508 e.